The Morgan fingerprint density at radius 2 is 1.65 bits per heavy atom. The fourth-order valence-corrected chi connectivity index (χ4v) is 4.89. The third kappa shape index (κ3) is 8.41. The first-order valence-electron chi connectivity index (χ1n) is 14.3. The van der Waals surface area contributed by atoms with Crippen LogP contribution in [0.25, 0.3) is 11.1 Å². The summed E-state index contributed by atoms with van der Waals surface area (Å²) in [6.45, 7) is 13.1. The summed E-state index contributed by atoms with van der Waals surface area (Å²) in [6.07, 6.45) is -0.831. The third-order valence-corrected chi connectivity index (χ3v) is 6.58. The Balaban J connectivity index is 1.61. The number of benzene rings is 2. The molecule has 0 aliphatic carbocycles. The van der Waals surface area contributed by atoms with E-state index in [1.807, 2.05) is 70.2 Å². The van der Waals surface area contributed by atoms with Crippen molar-refractivity contribution in [2.45, 2.75) is 84.3 Å². The van der Waals surface area contributed by atoms with Gasteiger partial charge in [-0.1, -0.05) is 52.8 Å². The molecule has 1 saturated heterocycles. The van der Waals surface area contributed by atoms with Crippen LogP contribution < -0.4 is 5.32 Å². The first-order chi connectivity index (χ1) is 20.2. The van der Waals surface area contributed by atoms with Crippen LogP contribution >= 0.6 is 0 Å². The number of hydrogen-bond acceptors (Lipinski definition) is 9. The van der Waals surface area contributed by atoms with E-state index in [0.29, 0.717) is 17.7 Å². The first-order valence-corrected chi connectivity index (χ1v) is 14.3. The average molecular weight is 592 g/mol. The normalized spacial score (nSPS) is 17.9. The fraction of sp³-hybridized carbons (Fsp3) is 0.469. The second kappa shape index (κ2) is 12.9. The molecule has 43 heavy (non-hydrogen) atoms. The summed E-state index contributed by atoms with van der Waals surface area (Å²) >= 11 is 0. The quantitative estimate of drug-likeness (QED) is 0.312. The molecule has 1 aliphatic rings. The van der Waals surface area contributed by atoms with Crippen LogP contribution in [0.3, 0.4) is 0 Å². The summed E-state index contributed by atoms with van der Waals surface area (Å²) in [4.78, 5) is 37.8. The van der Waals surface area contributed by atoms with Gasteiger partial charge in [0.1, 0.15) is 24.8 Å². The van der Waals surface area contributed by atoms with Gasteiger partial charge in [-0.25, -0.2) is 4.79 Å². The smallest absolute Gasteiger partial charge is 0.408 e. The Morgan fingerprint density at radius 3 is 2.26 bits per heavy atom. The molecule has 0 bridgehead atoms. The van der Waals surface area contributed by atoms with Crippen LogP contribution in [0.1, 0.15) is 89.0 Å². The molecule has 1 aliphatic heterocycles. The minimum atomic E-state index is -0.807. The van der Waals surface area contributed by atoms with Crippen LogP contribution in [0.5, 0.6) is 0 Å². The van der Waals surface area contributed by atoms with Gasteiger partial charge in [-0.05, 0) is 71.7 Å². The molecular weight excluding hydrogens is 550 g/mol. The van der Waals surface area contributed by atoms with Gasteiger partial charge in [0.2, 0.25) is 0 Å². The summed E-state index contributed by atoms with van der Waals surface area (Å²) < 4.78 is 17.3. The van der Waals surface area contributed by atoms with E-state index in [0.717, 1.165) is 11.1 Å². The lowest BCUT2D eigenvalue weighted by atomic mass is 10.0. The van der Waals surface area contributed by atoms with Crippen molar-refractivity contribution in [2.24, 2.45) is 5.16 Å². The molecule has 0 radical (unpaired) electrons. The van der Waals surface area contributed by atoms with E-state index in [1.54, 1.807) is 37.8 Å². The second-order valence-electron chi connectivity index (χ2n) is 12.5. The maximum absolute atomic E-state index is 13.8. The minimum absolute atomic E-state index is 0.134. The lowest BCUT2D eigenvalue weighted by Gasteiger charge is -2.30. The molecule has 2 heterocycles. The zero-order valence-electron chi connectivity index (χ0n) is 26.1. The molecule has 0 spiro atoms. The van der Waals surface area contributed by atoms with E-state index in [1.165, 1.54) is 7.11 Å². The first kappa shape index (κ1) is 31.7. The fourth-order valence-electron chi connectivity index (χ4n) is 4.89. The largest absolute Gasteiger partial charge is 0.444 e. The summed E-state index contributed by atoms with van der Waals surface area (Å²) in [5.41, 5.74) is 2.05. The van der Waals surface area contributed by atoms with Crippen molar-refractivity contribution in [3.8, 4) is 11.1 Å². The number of likely N-dealkylation sites (tertiary alicyclic amines) is 1. The Labute approximate surface area is 252 Å². The Bertz CT molecular complexity index is 1420. The molecule has 11 nitrogen and oxygen atoms in total. The lowest BCUT2D eigenvalue weighted by Crippen LogP contribution is -2.42. The maximum Gasteiger partial charge on any atom is 0.408 e. The highest BCUT2D eigenvalue weighted by Gasteiger charge is 2.39. The zero-order valence-corrected chi connectivity index (χ0v) is 26.1. The monoisotopic (exact) mass is 591 g/mol. The number of rotatable bonds is 8. The molecule has 11 heteroatoms. The second-order valence-corrected chi connectivity index (χ2v) is 12.5. The van der Waals surface area contributed by atoms with Gasteiger partial charge in [-0.15, -0.1) is 0 Å². The van der Waals surface area contributed by atoms with E-state index < -0.39 is 35.5 Å². The number of oxime groups is 1. The number of carbonyl (C=O) groups excluding carboxylic acids is 2. The van der Waals surface area contributed by atoms with Gasteiger partial charge >= 0.3 is 6.09 Å². The number of ether oxygens (including phenoxy) is 2. The molecule has 1 fully saturated rings. The predicted octanol–water partition coefficient (Wildman–Crippen LogP) is 6.10. The predicted molar refractivity (Wildman–Crippen MR) is 161 cm³/mol. The molecular formula is C32H41N5O6. The molecule has 2 aromatic carbocycles. The summed E-state index contributed by atoms with van der Waals surface area (Å²) in [5.74, 6) is 0.212. The van der Waals surface area contributed by atoms with Crippen molar-refractivity contribution in [1.82, 2.24) is 20.4 Å². The van der Waals surface area contributed by atoms with E-state index in [-0.39, 0.29) is 24.2 Å². The van der Waals surface area contributed by atoms with Crippen LogP contribution in [-0.2, 0) is 14.3 Å². The summed E-state index contributed by atoms with van der Waals surface area (Å²) in [5, 5.41) is 11.2. The van der Waals surface area contributed by atoms with Crippen LogP contribution in [0, 0.1) is 0 Å². The van der Waals surface area contributed by atoms with Crippen LogP contribution in [0.15, 0.2) is 64.3 Å². The highest BCUT2D eigenvalue weighted by molar-refractivity contribution is 6.00. The van der Waals surface area contributed by atoms with Crippen molar-refractivity contribution in [3.63, 3.8) is 0 Å². The molecule has 1 aromatic heterocycles. The van der Waals surface area contributed by atoms with Gasteiger partial charge in [-0.2, -0.15) is 4.98 Å². The zero-order chi connectivity index (χ0) is 31.4. The molecule has 0 unspecified atom stereocenters. The SMILES string of the molecule is CON=C1C[C@@H](c2noc([C@@H](NC(=O)OC(C)(C)C)[C@@H](C)OC(C)(C)C)n2)N(C(=O)c2ccc(-c3ccccc3)cc2)C1. The van der Waals surface area contributed by atoms with Gasteiger partial charge in [0.05, 0.1) is 24.0 Å². The van der Waals surface area contributed by atoms with Gasteiger partial charge in [0, 0.05) is 12.0 Å². The Morgan fingerprint density at radius 1 is 1.00 bits per heavy atom. The molecule has 230 valence electrons. The van der Waals surface area contributed by atoms with Crippen molar-refractivity contribution < 1.29 is 28.4 Å². The van der Waals surface area contributed by atoms with E-state index >= 15 is 0 Å². The standard InChI is InChI=1S/C32H41N5O6/c1-20(41-31(2,3)4)26(33-30(39)42-32(5,6)7)28-34-27(36-43-28)25-18-24(35-40-8)19-37(25)29(38)23-16-14-22(15-17-23)21-12-10-9-11-13-21/h9-17,20,25-26H,18-19H2,1-8H3,(H,33,39)/t20-,25+,26+/m1/s1. The van der Waals surface area contributed by atoms with Crippen molar-refractivity contribution in [1.29, 1.82) is 0 Å². The van der Waals surface area contributed by atoms with Crippen LogP contribution in [0.4, 0.5) is 4.79 Å². The van der Waals surface area contributed by atoms with E-state index in [9.17, 15) is 9.59 Å². The maximum atomic E-state index is 13.8. The lowest BCUT2D eigenvalue weighted by molar-refractivity contribution is -0.0716. The van der Waals surface area contributed by atoms with Gasteiger partial charge < -0.3 is 29.1 Å². The number of nitrogens with one attached hydrogen (secondary N) is 1. The van der Waals surface area contributed by atoms with Crippen molar-refractivity contribution in [3.05, 3.63) is 71.9 Å². The number of hydrogen-bond donors (Lipinski definition) is 1. The summed E-state index contributed by atoms with van der Waals surface area (Å²) in [6, 6.07) is 16.0. The van der Waals surface area contributed by atoms with Crippen molar-refractivity contribution in [2.75, 3.05) is 13.7 Å². The number of amides is 2. The third-order valence-electron chi connectivity index (χ3n) is 6.58. The Kier molecular flexibility index (Phi) is 9.54. The van der Waals surface area contributed by atoms with Crippen molar-refractivity contribution >= 4 is 17.7 Å². The molecule has 3 atom stereocenters. The Hall–Kier alpha value is -4.25. The number of alkyl carbamates (subject to hydrolysis) is 1. The van der Waals surface area contributed by atoms with Crippen LogP contribution in [0.2, 0.25) is 0 Å². The highest BCUT2D eigenvalue weighted by atomic mass is 16.6. The topological polar surface area (TPSA) is 128 Å². The van der Waals surface area contributed by atoms with Crippen LogP contribution in [-0.4, -0.2) is 63.7 Å². The average Bonchev–Trinajstić information content (AvgIpc) is 3.58. The van der Waals surface area contributed by atoms with Gasteiger partial charge in [0.15, 0.2) is 5.82 Å². The van der Waals surface area contributed by atoms with E-state index in [2.05, 4.69) is 20.6 Å². The van der Waals surface area contributed by atoms with Gasteiger partial charge in [0.25, 0.3) is 11.8 Å². The number of carbonyl (C=O) groups is 2. The molecule has 4 rings (SSSR count). The minimum Gasteiger partial charge on any atom is -0.444 e. The number of nitrogens with zero attached hydrogens (tertiary/aromatic N) is 4. The van der Waals surface area contributed by atoms with Gasteiger partial charge in [-0.3, -0.25) is 4.79 Å². The number of aromatic nitrogens is 2. The molecule has 2 amide bonds. The van der Waals surface area contributed by atoms with E-state index in [4.69, 9.17) is 18.8 Å². The molecule has 3 aromatic rings. The highest BCUT2D eigenvalue weighted by Crippen LogP contribution is 2.33. The molecule has 0 saturated carbocycles. The molecule has 1 N–H and O–H groups in total. The summed E-state index contributed by atoms with van der Waals surface area (Å²) in [7, 11) is 1.46.